The Morgan fingerprint density at radius 1 is 0.355 bits per heavy atom. The standard InChI is InChI=1S/C58H36N2S2/c1-2-18-42-37(14-1)15-12-26-49(42)59(40-32-30-38(31-33-40)43-23-13-29-55-56(43)47-21-5-9-27-53(47)61-55)52-35-34-44(58-57(52)48-22-6-10-28-54(48)62-58)39-16-11-17-41(36-39)60-50-24-7-3-19-45(50)46-20-4-8-25-51(46)60/h1-36H. The van der Waals surface area contributed by atoms with E-state index in [1.54, 1.807) is 0 Å². The Morgan fingerprint density at radius 2 is 0.952 bits per heavy atom. The number of thiophene rings is 2. The fourth-order valence-electron chi connectivity index (χ4n) is 9.85. The van der Waals surface area contributed by atoms with Crippen LogP contribution >= 0.6 is 22.7 Å². The molecule has 0 aliphatic carbocycles. The molecule has 3 aromatic heterocycles. The monoisotopic (exact) mass is 824 g/mol. The Labute approximate surface area is 366 Å². The van der Waals surface area contributed by atoms with E-state index in [4.69, 9.17) is 0 Å². The minimum Gasteiger partial charge on any atom is -0.309 e. The number of rotatable bonds is 6. The predicted octanol–water partition coefficient (Wildman–Crippen LogP) is 17.5. The maximum Gasteiger partial charge on any atom is 0.0555 e. The smallest absolute Gasteiger partial charge is 0.0555 e. The largest absolute Gasteiger partial charge is 0.309 e. The van der Waals surface area contributed by atoms with Gasteiger partial charge in [-0.25, -0.2) is 0 Å². The number of fused-ring (bicyclic) bond motifs is 10. The van der Waals surface area contributed by atoms with E-state index in [0.29, 0.717) is 0 Å². The van der Waals surface area contributed by atoms with Crippen LogP contribution in [0.3, 0.4) is 0 Å². The summed E-state index contributed by atoms with van der Waals surface area (Å²) in [5.74, 6) is 0. The summed E-state index contributed by atoms with van der Waals surface area (Å²) in [6, 6.07) is 80.4. The molecule has 0 saturated heterocycles. The minimum absolute atomic E-state index is 1.12. The van der Waals surface area contributed by atoms with Crippen molar-refractivity contribution in [2.45, 2.75) is 0 Å². The fourth-order valence-corrected chi connectivity index (χ4v) is 12.2. The van der Waals surface area contributed by atoms with Crippen molar-refractivity contribution in [1.82, 2.24) is 4.57 Å². The fraction of sp³-hybridized carbons (Fsp3) is 0. The maximum absolute atomic E-state index is 2.49. The molecule has 62 heavy (non-hydrogen) atoms. The van der Waals surface area contributed by atoms with Gasteiger partial charge in [0.15, 0.2) is 0 Å². The first-order valence-electron chi connectivity index (χ1n) is 21.1. The van der Waals surface area contributed by atoms with E-state index in [2.05, 4.69) is 228 Å². The third kappa shape index (κ3) is 5.41. The molecule has 290 valence electrons. The molecular formula is C58H36N2S2. The van der Waals surface area contributed by atoms with E-state index < -0.39 is 0 Å². The third-order valence-corrected chi connectivity index (χ3v) is 14.9. The van der Waals surface area contributed by atoms with Crippen LogP contribution < -0.4 is 4.90 Å². The highest BCUT2D eigenvalue weighted by atomic mass is 32.1. The van der Waals surface area contributed by atoms with Gasteiger partial charge in [-0.1, -0.05) is 152 Å². The van der Waals surface area contributed by atoms with Crippen LogP contribution in [0.4, 0.5) is 17.1 Å². The van der Waals surface area contributed by atoms with Gasteiger partial charge in [0.25, 0.3) is 0 Å². The van der Waals surface area contributed by atoms with E-state index in [0.717, 1.165) is 22.7 Å². The summed E-state index contributed by atoms with van der Waals surface area (Å²) in [5, 5.41) is 10.1. The third-order valence-electron chi connectivity index (χ3n) is 12.6. The van der Waals surface area contributed by atoms with Crippen LogP contribution in [0.1, 0.15) is 0 Å². The predicted molar refractivity (Wildman–Crippen MR) is 270 cm³/mol. The van der Waals surface area contributed by atoms with Crippen LogP contribution in [0.2, 0.25) is 0 Å². The molecule has 10 aromatic carbocycles. The molecule has 0 atom stereocenters. The molecule has 0 spiro atoms. The molecule has 0 amide bonds. The summed E-state index contributed by atoms with van der Waals surface area (Å²) in [6.07, 6.45) is 0. The summed E-state index contributed by atoms with van der Waals surface area (Å²) in [7, 11) is 0. The zero-order valence-corrected chi connectivity index (χ0v) is 35.1. The first-order valence-corrected chi connectivity index (χ1v) is 22.7. The Kier molecular flexibility index (Phi) is 7.99. The second-order valence-electron chi connectivity index (χ2n) is 16.0. The van der Waals surface area contributed by atoms with Gasteiger partial charge in [-0.2, -0.15) is 0 Å². The summed E-state index contributed by atoms with van der Waals surface area (Å²) in [6.45, 7) is 0. The number of para-hydroxylation sites is 2. The van der Waals surface area contributed by atoms with Crippen molar-refractivity contribution in [3.05, 3.63) is 218 Å². The highest BCUT2D eigenvalue weighted by Crippen LogP contribution is 2.50. The second kappa shape index (κ2) is 14.0. The second-order valence-corrected chi connectivity index (χ2v) is 18.1. The van der Waals surface area contributed by atoms with Crippen molar-refractivity contribution in [3.8, 4) is 27.9 Å². The molecule has 0 fully saturated rings. The van der Waals surface area contributed by atoms with Crippen molar-refractivity contribution in [2.24, 2.45) is 0 Å². The average molecular weight is 825 g/mol. The molecule has 0 N–H and O–H groups in total. The topological polar surface area (TPSA) is 8.17 Å². The molecule has 0 unspecified atom stereocenters. The van der Waals surface area contributed by atoms with Crippen LogP contribution in [-0.2, 0) is 0 Å². The van der Waals surface area contributed by atoms with E-state index in [-0.39, 0.29) is 0 Å². The van der Waals surface area contributed by atoms with E-state index in [9.17, 15) is 0 Å². The summed E-state index contributed by atoms with van der Waals surface area (Å²) in [4.78, 5) is 2.49. The number of hydrogen-bond donors (Lipinski definition) is 0. The van der Waals surface area contributed by atoms with Gasteiger partial charge in [0, 0.05) is 67.9 Å². The Morgan fingerprint density at radius 3 is 1.73 bits per heavy atom. The first kappa shape index (κ1) is 35.3. The SMILES string of the molecule is c1cc(-c2ccc(N(c3ccc(-c4cccc5sc6ccccc6c45)cc3)c3cccc4ccccc34)c3c2sc2ccccc23)cc(-n2c3ccccc3c3ccccc32)c1. The van der Waals surface area contributed by atoms with Gasteiger partial charge in [0.1, 0.15) is 0 Å². The lowest BCUT2D eigenvalue weighted by Crippen LogP contribution is -2.11. The zero-order chi connectivity index (χ0) is 40.7. The lowest BCUT2D eigenvalue weighted by molar-refractivity contribution is 1.18. The Bertz CT molecular complexity index is 3830. The van der Waals surface area contributed by atoms with Gasteiger partial charge in [0.2, 0.25) is 0 Å². The number of aromatic nitrogens is 1. The first-order chi connectivity index (χ1) is 30.8. The van der Waals surface area contributed by atoms with Crippen molar-refractivity contribution in [3.63, 3.8) is 0 Å². The molecule has 4 heteroatoms. The molecular weight excluding hydrogens is 789 g/mol. The van der Waals surface area contributed by atoms with Crippen molar-refractivity contribution in [2.75, 3.05) is 4.90 Å². The maximum atomic E-state index is 2.49. The lowest BCUT2D eigenvalue weighted by atomic mass is 9.97. The van der Waals surface area contributed by atoms with Gasteiger partial charge < -0.3 is 9.47 Å². The molecule has 0 saturated carbocycles. The van der Waals surface area contributed by atoms with Crippen LogP contribution in [-0.4, -0.2) is 4.57 Å². The molecule has 0 radical (unpaired) electrons. The molecule has 0 bridgehead atoms. The number of nitrogens with zero attached hydrogens (tertiary/aromatic N) is 2. The number of hydrogen-bond acceptors (Lipinski definition) is 3. The summed E-state index contributed by atoms with van der Waals surface area (Å²) < 4.78 is 7.61. The van der Waals surface area contributed by atoms with Crippen LogP contribution in [0.15, 0.2) is 218 Å². The summed E-state index contributed by atoms with van der Waals surface area (Å²) in [5.41, 5.74) is 11.9. The number of benzene rings is 10. The van der Waals surface area contributed by atoms with Gasteiger partial charge >= 0.3 is 0 Å². The molecule has 0 aliphatic rings. The van der Waals surface area contributed by atoms with E-state index >= 15 is 0 Å². The van der Waals surface area contributed by atoms with E-state index in [1.165, 1.54) is 95.2 Å². The van der Waals surface area contributed by atoms with Crippen LogP contribution in [0.5, 0.6) is 0 Å². The minimum atomic E-state index is 1.12. The Balaban J connectivity index is 1.02. The number of anilines is 3. The average Bonchev–Trinajstić information content (AvgIpc) is 4.02. The summed E-state index contributed by atoms with van der Waals surface area (Å²) >= 11 is 3.76. The zero-order valence-electron chi connectivity index (χ0n) is 33.5. The van der Waals surface area contributed by atoms with Crippen LogP contribution in [0, 0.1) is 0 Å². The lowest BCUT2D eigenvalue weighted by Gasteiger charge is -2.28. The van der Waals surface area contributed by atoms with Gasteiger partial charge in [-0.05, 0) is 94.4 Å². The van der Waals surface area contributed by atoms with Crippen molar-refractivity contribution in [1.29, 1.82) is 0 Å². The highest BCUT2D eigenvalue weighted by Gasteiger charge is 2.23. The Hall–Kier alpha value is -7.50. The van der Waals surface area contributed by atoms with E-state index in [1.807, 2.05) is 22.7 Å². The molecule has 0 aliphatic heterocycles. The van der Waals surface area contributed by atoms with Gasteiger partial charge in [0.05, 0.1) is 22.4 Å². The quantitative estimate of drug-likeness (QED) is 0.162. The molecule has 13 aromatic rings. The van der Waals surface area contributed by atoms with Gasteiger partial charge in [-0.15, -0.1) is 22.7 Å². The molecule has 2 nitrogen and oxygen atoms in total. The van der Waals surface area contributed by atoms with Crippen LogP contribution in [0.25, 0.3) is 101 Å². The normalized spacial score (nSPS) is 11.9. The van der Waals surface area contributed by atoms with Gasteiger partial charge in [-0.3, -0.25) is 0 Å². The highest BCUT2D eigenvalue weighted by molar-refractivity contribution is 7.26. The molecule has 13 rings (SSSR count). The molecule has 3 heterocycles. The van der Waals surface area contributed by atoms with Crippen molar-refractivity contribution >= 4 is 113 Å². The van der Waals surface area contributed by atoms with Crippen molar-refractivity contribution < 1.29 is 0 Å².